The molecule has 3 rings (SSSR count). The lowest BCUT2D eigenvalue weighted by Gasteiger charge is -2.01. The molecule has 0 saturated carbocycles. The first kappa shape index (κ1) is 16.5. The molecule has 0 saturated heterocycles. The van der Waals surface area contributed by atoms with Crippen molar-refractivity contribution in [3.05, 3.63) is 90.4 Å². The molecule has 0 amide bonds. The van der Waals surface area contributed by atoms with Crippen LogP contribution in [0.4, 0.5) is 0 Å². The van der Waals surface area contributed by atoms with Crippen LogP contribution in [0.25, 0.3) is 16.8 Å². The molecule has 2 aromatic carbocycles. The Hall–Kier alpha value is -3.40. The average molecular weight is 332 g/mol. The van der Waals surface area contributed by atoms with E-state index in [-0.39, 0.29) is 0 Å². The Morgan fingerprint density at radius 2 is 1.72 bits per heavy atom. The maximum Gasteiger partial charge on any atom is 0.338 e. The molecule has 0 unspecified atom stereocenters. The van der Waals surface area contributed by atoms with E-state index in [1.807, 2.05) is 42.5 Å². The molecule has 25 heavy (non-hydrogen) atoms. The van der Waals surface area contributed by atoms with Crippen molar-refractivity contribution in [3.8, 4) is 0 Å². The molecule has 4 nitrogen and oxygen atoms in total. The highest BCUT2D eigenvalue weighted by Crippen LogP contribution is 2.19. The second-order valence-electron chi connectivity index (χ2n) is 5.33. The van der Waals surface area contributed by atoms with Crippen molar-refractivity contribution < 1.29 is 18.7 Å². The second kappa shape index (κ2) is 7.93. The summed E-state index contributed by atoms with van der Waals surface area (Å²) in [6.07, 6.45) is 7.71. The Morgan fingerprint density at radius 3 is 2.56 bits per heavy atom. The number of rotatable bonds is 5. The molecular weight excluding hydrogens is 316 g/mol. The van der Waals surface area contributed by atoms with E-state index in [4.69, 9.17) is 9.15 Å². The lowest BCUT2D eigenvalue weighted by atomic mass is 10.0. The van der Waals surface area contributed by atoms with Crippen LogP contribution in [0.15, 0.2) is 83.5 Å². The Labute approximate surface area is 145 Å². The van der Waals surface area contributed by atoms with Crippen LogP contribution in [0.5, 0.6) is 0 Å². The molecule has 0 N–H and O–H groups in total. The van der Waals surface area contributed by atoms with Gasteiger partial charge in [-0.3, -0.25) is 0 Å². The Bertz CT molecular complexity index is 928. The van der Waals surface area contributed by atoms with Crippen molar-refractivity contribution in [2.45, 2.75) is 6.42 Å². The van der Waals surface area contributed by atoms with E-state index >= 15 is 0 Å². The van der Waals surface area contributed by atoms with Crippen molar-refractivity contribution in [1.29, 1.82) is 0 Å². The van der Waals surface area contributed by atoms with Gasteiger partial charge in [0.15, 0.2) is 0 Å². The summed E-state index contributed by atoms with van der Waals surface area (Å²) in [6, 6.07) is 17.2. The lowest BCUT2D eigenvalue weighted by Crippen LogP contribution is -2.07. The fraction of sp³-hybridized carbons (Fsp3) is 0.0476. The average Bonchev–Trinajstić information content (AvgIpc) is 3.13. The SMILES string of the molecule is O=C(C=CCc1ccco1)OC(=O)C=Cc1cccc2ccccc12. The number of carbonyl (C=O) groups is 2. The van der Waals surface area contributed by atoms with Crippen LogP contribution in [0.3, 0.4) is 0 Å². The van der Waals surface area contributed by atoms with Crippen LogP contribution in [0.2, 0.25) is 0 Å². The van der Waals surface area contributed by atoms with Gasteiger partial charge in [-0.1, -0.05) is 48.5 Å². The first-order chi connectivity index (χ1) is 12.2. The van der Waals surface area contributed by atoms with Crippen molar-refractivity contribution in [1.82, 2.24) is 0 Å². The standard InChI is InChI=1S/C21H16O4/c22-20(12-4-9-18-10-5-15-24-18)25-21(23)14-13-17-8-3-7-16-6-1-2-11-19(16)17/h1-8,10-15H,9H2. The quantitative estimate of drug-likeness (QED) is 0.397. The summed E-state index contributed by atoms with van der Waals surface area (Å²) >= 11 is 0. The minimum Gasteiger partial charge on any atom is -0.469 e. The predicted octanol–water partition coefficient (Wildman–Crippen LogP) is 4.31. The summed E-state index contributed by atoms with van der Waals surface area (Å²) in [5.74, 6) is -0.689. The van der Waals surface area contributed by atoms with Gasteiger partial charge in [0.25, 0.3) is 0 Å². The van der Waals surface area contributed by atoms with Gasteiger partial charge in [0, 0.05) is 18.6 Å². The van der Waals surface area contributed by atoms with Gasteiger partial charge in [-0.2, -0.15) is 0 Å². The molecule has 0 aliphatic carbocycles. The van der Waals surface area contributed by atoms with E-state index in [9.17, 15) is 9.59 Å². The first-order valence-electron chi connectivity index (χ1n) is 7.83. The number of carbonyl (C=O) groups excluding carboxylic acids is 2. The van der Waals surface area contributed by atoms with Gasteiger partial charge in [-0.25, -0.2) is 9.59 Å². The number of fused-ring (bicyclic) bond motifs is 1. The van der Waals surface area contributed by atoms with Gasteiger partial charge < -0.3 is 9.15 Å². The summed E-state index contributed by atoms with van der Waals surface area (Å²) in [7, 11) is 0. The van der Waals surface area contributed by atoms with E-state index in [0.717, 1.165) is 22.1 Å². The van der Waals surface area contributed by atoms with Crippen LogP contribution in [0, 0.1) is 0 Å². The van der Waals surface area contributed by atoms with E-state index in [1.165, 1.54) is 12.2 Å². The largest absolute Gasteiger partial charge is 0.469 e. The highest BCUT2D eigenvalue weighted by Gasteiger charge is 2.04. The van der Waals surface area contributed by atoms with Crippen molar-refractivity contribution >= 4 is 28.8 Å². The molecule has 124 valence electrons. The summed E-state index contributed by atoms with van der Waals surface area (Å²) in [5, 5.41) is 2.11. The van der Waals surface area contributed by atoms with E-state index < -0.39 is 11.9 Å². The minimum atomic E-state index is -0.709. The molecule has 0 radical (unpaired) electrons. The van der Waals surface area contributed by atoms with Crippen LogP contribution in [-0.2, 0) is 20.7 Å². The molecule has 0 spiro atoms. The predicted molar refractivity (Wildman–Crippen MR) is 95.6 cm³/mol. The van der Waals surface area contributed by atoms with Crippen molar-refractivity contribution in [3.63, 3.8) is 0 Å². The highest BCUT2D eigenvalue weighted by atomic mass is 16.6. The van der Waals surface area contributed by atoms with Crippen LogP contribution < -0.4 is 0 Å². The van der Waals surface area contributed by atoms with Crippen LogP contribution >= 0.6 is 0 Å². The number of esters is 2. The van der Waals surface area contributed by atoms with Gasteiger partial charge in [-0.05, 0) is 34.5 Å². The summed E-state index contributed by atoms with van der Waals surface area (Å²) < 4.78 is 9.86. The van der Waals surface area contributed by atoms with Gasteiger partial charge in [-0.15, -0.1) is 0 Å². The molecule has 1 aromatic heterocycles. The van der Waals surface area contributed by atoms with Gasteiger partial charge in [0.2, 0.25) is 0 Å². The molecule has 1 heterocycles. The second-order valence-corrected chi connectivity index (χ2v) is 5.33. The Morgan fingerprint density at radius 1 is 0.920 bits per heavy atom. The fourth-order valence-corrected chi connectivity index (χ4v) is 2.42. The summed E-state index contributed by atoms with van der Waals surface area (Å²) in [5.41, 5.74) is 0.885. The number of benzene rings is 2. The maximum atomic E-state index is 11.8. The third-order valence-electron chi connectivity index (χ3n) is 3.58. The van der Waals surface area contributed by atoms with Crippen LogP contribution in [-0.4, -0.2) is 11.9 Å². The number of hydrogen-bond acceptors (Lipinski definition) is 4. The molecule has 0 aliphatic rings. The first-order valence-corrected chi connectivity index (χ1v) is 7.83. The van der Waals surface area contributed by atoms with Crippen LogP contribution in [0.1, 0.15) is 11.3 Å². The van der Waals surface area contributed by atoms with Gasteiger partial charge in [0.1, 0.15) is 5.76 Å². The monoisotopic (exact) mass is 332 g/mol. The number of allylic oxidation sites excluding steroid dienone is 1. The zero-order valence-corrected chi connectivity index (χ0v) is 13.4. The summed E-state index contributed by atoms with van der Waals surface area (Å²) in [4.78, 5) is 23.4. The smallest absolute Gasteiger partial charge is 0.338 e. The van der Waals surface area contributed by atoms with Gasteiger partial charge in [0.05, 0.1) is 6.26 Å². The topological polar surface area (TPSA) is 56.5 Å². The zero-order chi connectivity index (χ0) is 17.5. The number of hydrogen-bond donors (Lipinski definition) is 0. The van der Waals surface area contributed by atoms with E-state index in [0.29, 0.717) is 6.42 Å². The highest BCUT2D eigenvalue weighted by molar-refractivity contribution is 6.00. The Balaban J connectivity index is 1.59. The third-order valence-corrected chi connectivity index (χ3v) is 3.58. The molecule has 0 bridgehead atoms. The number of ether oxygens (including phenoxy) is 1. The van der Waals surface area contributed by atoms with Crippen molar-refractivity contribution in [2.24, 2.45) is 0 Å². The Kier molecular flexibility index (Phi) is 5.22. The van der Waals surface area contributed by atoms with E-state index in [1.54, 1.807) is 30.5 Å². The molecule has 0 atom stereocenters. The maximum absolute atomic E-state index is 11.8. The molecule has 3 aromatic rings. The number of furan rings is 1. The summed E-state index contributed by atoms with van der Waals surface area (Å²) in [6.45, 7) is 0. The normalized spacial score (nSPS) is 11.4. The lowest BCUT2D eigenvalue weighted by molar-refractivity contribution is -0.152. The fourth-order valence-electron chi connectivity index (χ4n) is 2.42. The third kappa shape index (κ3) is 4.54. The van der Waals surface area contributed by atoms with Crippen molar-refractivity contribution in [2.75, 3.05) is 0 Å². The van der Waals surface area contributed by atoms with Gasteiger partial charge >= 0.3 is 11.9 Å². The van der Waals surface area contributed by atoms with E-state index in [2.05, 4.69) is 0 Å². The molecular formula is C21H16O4. The zero-order valence-electron chi connectivity index (χ0n) is 13.4. The molecule has 4 heteroatoms. The minimum absolute atomic E-state index is 0.460. The molecule has 0 aliphatic heterocycles. The molecule has 0 fully saturated rings.